The van der Waals surface area contributed by atoms with Gasteiger partial charge in [-0.2, -0.15) is 0 Å². The van der Waals surface area contributed by atoms with Crippen LogP contribution in [0.4, 0.5) is 0 Å². The van der Waals surface area contributed by atoms with Gasteiger partial charge in [0.15, 0.2) is 0 Å². The average molecular weight is 393 g/mol. The number of amides is 1. The number of carbonyl (C=O) groups excluding carboxylic acids is 1. The van der Waals surface area contributed by atoms with E-state index in [4.69, 9.17) is 10.7 Å². The van der Waals surface area contributed by atoms with E-state index in [-0.39, 0.29) is 5.91 Å². The van der Waals surface area contributed by atoms with Crippen LogP contribution < -0.4 is 5.73 Å². The van der Waals surface area contributed by atoms with Gasteiger partial charge in [0.1, 0.15) is 0 Å². The van der Waals surface area contributed by atoms with Crippen LogP contribution in [0.3, 0.4) is 0 Å². The first kappa shape index (κ1) is 19.5. The number of rotatable bonds is 6. The quantitative estimate of drug-likeness (QED) is 0.669. The van der Waals surface area contributed by atoms with Crippen LogP contribution in [0.15, 0.2) is 48.9 Å². The van der Waals surface area contributed by atoms with Gasteiger partial charge in [0.2, 0.25) is 5.91 Å². The molecule has 1 saturated heterocycles. The monoisotopic (exact) mass is 393 g/mol. The maximum absolute atomic E-state index is 12.2. The Kier molecular flexibility index (Phi) is 5.60. The summed E-state index contributed by atoms with van der Waals surface area (Å²) < 4.78 is 2.06. The van der Waals surface area contributed by atoms with Gasteiger partial charge in [-0.25, -0.2) is 4.98 Å². The zero-order valence-corrected chi connectivity index (χ0v) is 16.5. The molecule has 4 heterocycles. The molecule has 0 spiro atoms. The molecule has 7 heteroatoms. The molecule has 1 aliphatic heterocycles. The summed E-state index contributed by atoms with van der Waals surface area (Å²) >= 11 is 0. The highest BCUT2D eigenvalue weighted by Gasteiger charge is 2.34. The lowest BCUT2D eigenvalue weighted by molar-refractivity contribution is -0.135. The second-order valence-corrected chi connectivity index (χ2v) is 7.78. The Bertz CT molecular complexity index is 977. The topological polar surface area (TPSA) is 97.3 Å². The van der Waals surface area contributed by atoms with Crippen LogP contribution in [0.25, 0.3) is 22.3 Å². The van der Waals surface area contributed by atoms with Crippen molar-refractivity contribution in [3.05, 3.63) is 48.9 Å². The third-order valence-corrected chi connectivity index (χ3v) is 5.71. The first-order valence-corrected chi connectivity index (χ1v) is 10.1. The number of fused-ring (bicyclic) bond motifs is 1. The van der Waals surface area contributed by atoms with Crippen molar-refractivity contribution in [2.24, 2.45) is 5.73 Å². The summed E-state index contributed by atoms with van der Waals surface area (Å²) in [4.78, 5) is 22.8. The fourth-order valence-corrected chi connectivity index (χ4v) is 3.95. The Morgan fingerprint density at radius 1 is 1.14 bits per heavy atom. The summed E-state index contributed by atoms with van der Waals surface area (Å²) in [5, 5.41) is 11.1. The number of aromatic nitrogens is 3. The van der Waals surface area contributed by atoms with Crippen LogP contribution in [0.2, 0.25) is 0 Å². The first-order chi connectivity index (χ1) is 14.1. The van der Waals surface area contributed by atoms with E-state index in [9.17, 15) is 9.90 Å². The second-order valence-electron chi connectivity index (χ2n) is 7.78. The van der Waals surface area contributed by atoms with Gasteiger partial charge in [-0.3, -0.25) is 9.78 Å². The number of pyridine rings is 2. The van der Waals surface area contributed by atoms with Crippen LogP contribution >= 0.6 is 0 Å². The largest absolute Gasteiger partial charge is 0.388 e. The molecule has 0 aliphatic carbocycles. The molecule has 1 aliphatic rings. The summed E-state index contributed by atoms with van der Waals surface area (Å²) in [5.41, 5.74) is 8.50. The molecular weight excluding hydrogens is 366 g/mol. The number of piperidine rings is 1. The van der Waals surface area contributed by atoms with Crippen LogP contribution in [-0.2, 0) is 11.3 Å². The van der Waals surface area contributed by atoms with E-state index in [1.54, 1.807) is 12.4 Å². The standard InChI is InChI=1S/C22H27N5O2/c23-10-1-2-21(28)26-14-8-22(29,9-15-26)16-27-13-7-19-20(27)4-3-18(25-19)17-5-11-24-12-6-17/h3-7,11-13,29H,1-2,8-10,14-16,23H2. The van der Waals surface area contributed by atoms with Crippen molar-refractivity contribution in [3.8, 4) is 11.3 Å². The normalized spacial score (nSPS) is 16.3. The maximum Gasteiger partial charge on any atom is 0.222 e. The number of carbonyl (C=O) groups is 1. The lowest BCUT2D eigenvalue weighted by atomic mass is 9.91. The van der Waals surface area contributed by atoms with Crippen LogP contribution in [0.5, 0.6) is 0 Å². The predicted molar refractivity (Wildman–Crippen MR) is 112 cm³/mol. The lowest BCUT2D eigenvalue weighted by Crippen LogP contribution is -2.48. The van der Waals surface area contributed by atoms with Crippen molar-refractivity contribution in [1.82, 2.24) is 19.4 Å². The van der Waals surface area contributed by atoms with Gasteiger partial charge < -0.3 is 20.3 Å². The zero-order chi connectivity index (χ0) is 20.3. The van der Waals surface area contributed by atoms with E-state index in [1.165, 1.54) is 0 Å². The molecule has 0 aromatic carbocycles. The Labute approximate surface area is 170 Å². The van der Waals surface area contributed by atoms with E-state index in [0.29, 0.717) is 51.9 Å². The van der Waals surface area contributed by atoms with Crippen LogP contribution in [-0.4, -0.2) is 55.7 Å². The van der Waals surface area contributed by atoms with E-state index in [0.717, 1.165) is 22.3 Å². The van der Waals surface area contributed by atoms with Gasteiger partial charge in [0, 0.05) is 43.7 Å². The molecule has 7 nitrogen and oxygen atoms in total. The van der Waals surface area contributed by atoms with E-state index in [1.807, 2.05) is 41.4 Å². The van der Waals surface area contributed by atoms with Crippen molar-refractivity contribution < 1.29 is 9.90 Å². The zero-order valence-electron chi connectivity index (χ0n) is 16.5. The predicted octanol–water partition coefficient (Wildman–Crippen LogP) is 2.19. The number of nitrogens with two attached hydrogens (primary N) is 1. The summed E-state index contributed by atoms with van der Waals surface area (Å²) in [6, 6.07) is 9.91. The molecule has 4 rings (SSSR count). The fraction of sp³-hybridized carbons (Fsp3) is 0.409. The Morgan fingerprint density at radius 3 is 2.62 bits per heavy atom. The SMILES string of the molecule is NCCCC(=O)N1CCC(O)(Cn2ccc3nc(-c4ccncc4)ccc32)CC1. The van der Waals surface area contributed by atoms with Gasteiger partial charge in [-0.15, -0.1) is 0 Å². The molecule has 1 fully saturated rings. The molecular formula is C22H27N5O2. The van der Waals surface area contributed by atoms with Gasteiger partial charge in [0.05, 0.1) is 28.9 Å². The molecule has 3 aromatic rings. The van der Waals surface area contributed by atoms with Gasteiger partial charge in [0.25, 0.3) is 0 Å². The fourth-order valence-electron chi connectivity index (χ4n) is 3.95. The highest BCUT2D eigenvalue weighted by molar-refractivity contribution is 5.79. The number of hydrogen-bond donors (Lipinski definition) is 2. The molecule has 152 valence electrons. The van der Waals surface area contributed by atoms with Crippen LogP contribution in [0, 0.1) is 0 Å². The Balaban J connectivity index is 1.45. The average Bonchev–Trinajstić information content (AvgIpc) is 3.14. The van der Waals surface area contributed by atoms with Crippen molar-refractivity contribution in [2.45, 2.75) is 37.8 Å². The number of aliphatic hydroxyl groups is 1. The van der Waals surface area contributed by atoms with E-state index in [2.05, 4.69) is 9.55 Å². The minimum Gasteiger partial charge on any atom is -0.388 e. The molecule has 0 bridgehead atoms. The van der Waals surface area contributed by atoms with Crippen molar-refractivity contribution in [1.29, 1.82) is 0 Å². The van der Waals surface area contributed by atoms with Crippen molar-refractivity contribution in [3.63, 3.8) is 0 Å². The molecule has 0 radical (unpaired) electrons. The van der Waals surface area contributed by atoms with E-state index < -0.39 is 5.60 Å². The minimum atomic E-state index is -0.819. The third-order valence-electron chi connectivity index (χ3n) is 5.71. The summed E-state index contributed by atoms with van der Waals surface area (Å²) in [5.74, 6) is 0.136. The number of nitrogens with zero attached hydrogens (tertiary/aromatic N) is 4. The molecule has 3 aromatic heterocycles. The number of likely N-dealkylation sites (tertiary alicyclic amines) is 1. The first-order valence-electron chi connectivity index (χ1n) is 10.1. The van der Waals surface area contributed by atoms with E-state index >= 15 is 0 Å². The molecule has 3 N–H and O–H groups in total. The molecule has 29 heavy (non-hydrogen) atoms. The summed E-state index contributed by atoms with van der Waals surface area (Å²) in [6.45, 7) is 2.20. The minimum absolute atomic E-state index is 0.136. The maximum atomic E-state index is 12.2. The smallest absolute Gasteiger partial charge is 0.222 e. The highest BCUT2D eigenvalue weighted by Crippen LogP contribution is 2.28. The Morgan fingerprint density at radius 2 is 1.90 bits per heavy atom. The van der Waals surface area contributed by atoms with Crippen LogP contribution in [0.1, 0.15) is 25.7 Å². The molecule has 1 amide bonds. The second kappa shape index (κ2) is 8.31. The van der Waals surface area contributed by atoms with Crippen molar-refractivity contribution in [2.75, 3.05) is 19.6 Å². The van der Waals surface area contributed by atoms with Gasteiger partial charge >= 0.3 is 0 Å². The summed E-state index contributed by atoms with van der Waals surface area (Å²) in [6.07, 6.45) is 7.84. The Hall–Kier alpha value is -2.77. The van der Waals surface area contributed by atoms with Crippen molar-refractivity contribution >= 4 is 16.9 Å². The molecule has 0 unspecified atom stereocenters. The van der Waals surface area contributed by atoms with Gasteiger partial charge in [-0.1, -0.05) is 0 Å². The summed E-state index contributed by atoms with van der Waals surface area (Å²) in [7, 11) is 0. The van der Waals surface area contributed by atoms with Gasteiger partial charge in [-0.05, 0) is 56.1 Å². The highest BCUT2D eigenvalue weighted by atomic mass is 16.3. The third kappa shape index (κ3) is 4.31. The lowest BCUT2D eigenvalue weighted by Gasteiger charge is -2.38. The molecule has 0 atom stereocenters. The number of hydrogen-bond acceptors (Lipinski definition) is 5. The molecule has 0 saturated carbocycles.